The smallest absolute Gasteiger partial charge is 0.335 e. The highest BCUT2D eigenvalue weighted by molar-refractivity contribution is 7.80. The van der Waals surface area contributed by atoms with Gasteiger partial charge in [0.25, 0.3) is 0 Å². The zero-order valence-corrected chi connectivity index (χ0v) is 21.4. The lowest BCUT2D eigenvalue weighted by Crippen LogP contribution is -2.32. The van der Waals surface area contributed by atoms with Crippen molar-refractivity contribution in [2.75, 3.05) is 11.9 Å². The van der Waals surface area contributed by atoms with E-state index < -0.39 is 5.97 Å². The minimum absolute atomic E-state index is 0.121. The fourth-order valence-corrected chi connectivity index (χ4v) is 4.93. The molecule has 1 aliphatic rings. The maximum atomic E-state index is 12.8. The summed E-state index contributed by atoms with van der Waals surface area (Å²) in [6, 6.07) is 22.9. The van der Waals surface area contributed by atoms with Crippen molar-refractivity contribution in [2.45, 2.75) is 25.4 Å². The number of hydrogen-bond donors (Lipinski definition) is 3. The topological polar surface area (TPSA) is 108 Å². The zero-order valence-electron chi connectivity index (χ0n) is 20.6. The minimum Gasteiger partial charge on any atom is -0.478 e. The molecule has 5 rings (SSSR count). The maximum absolute atomic E-state index is 12.8. The summed E-state index contributed by atoms with van der Waals surface area (Å²) in [6.45, 7) is 2.34. The van der Waals surface area contributed by atoms with E-state index in [0.717, 1.165) is 16.9 Å². The monoisotopic (exact) mass is 526 g/mol. The highest BCUT2D eigenvalue weighted by atomic mass is 32.1. The average Bonchev–Trinajstić information content (AvgIpc) is 3.52. The molecule has 0 spiro atoms. The van der Waals surface area contributed by atoms with Crippen molar-refractivity contribution in [1.29, 1.82) is 0 Å². The molecule has 1 aliphatic heterocycles. The van der Waals surface area contributed by atoms with Crippen molar-refractivity contribution >= 4 is 34.9 Å². The van der Waals surface area contributed by atoms with Gasteiger partial charge in [-0.2, -0.15) is 0 Å². The van der Waals surface area contributed by atoms with E-state index in [2.05, 4.69) is 15.6 Å². The summed E-state index contributed by atoms with van der Waals surface area (Å²) in [6.07, 6.45) is 1.94. The second kappa shape index (κ2) is 10.9. The van der Waals surface area contributed by atoms with Gasteiger partial charge in [0, 0.05) is 30.4 Å². The molecule has 0 radical (unpaired) electrons. The largest absolute Gasteiger partial charge is 0.478 e. The molecule has 4 aromatic rings. The van der Waals surface area contributed by atoms with Gasteiger partial charge in [-0.15, -0.1) is 0 Å². The summed E-state index contributed by atoms with van der Waals surface area (Å²) >= 11 is 5.69. The third kappa shape index (κ3) is 5.42. The molecule has 3 N–H and O–H groups in total. The van der Waals surface area contributed by atoms with Crippen LogP contribution in [0.5, 0.6) is 0 Å². The number of aromatic carboxylic acids is 1. The Morgan fingerprint density at radius 2 is 1.92 bits per heavy atom. The van der Waals surface area contributed by atoms with Crippen LogP contribution < -0.4 is 10.6 Å². The summed E-state index contributed by atoms with van der Waals surface area (Å²) in [5.74, 6) is 0.0408. The molecule has 9 heteroatoms. The Kier molecular flexibility index (Phi) is 7.19. The standard InChI is InChI=1S/C29H26N4O4S/c1-18-6-4-9-21(16-18)31-25(34)13-15-33-27(26(32-29(33)38)22-10-2-3-14-30-22)24-12-11-23(37-24)19-7-5-8-20(17-19)28(35)36/h2-12,14,16-17,26-27H,13,15H2,1H3,(H,31,34)(H,32,38)(H,35,36)/t26-,27-/m1/s1. The van der Waals surface area contributed by atoms with Crippen LogP contribution in [0, 0.1) is 6.92 Å². The van der Waals surface area contributed by atoms with Gasteiger partial charge in [-0.25, -0.2) is 4.79 Å². The number of nitrogens with zero attached hydrogens (tertiary/aromatic N) is 2. The highest BCUT2D eigenvalue weighted by Crippen LogP contribution is 2.40. The number of anilines is 1. The van der Waals surface area contributed by atoms with Crippen molar-refractivity contribution < 1.29 is 19.1 Å². The second-order valence-electron chi connectivity index (χ2n) is 9.08. The molecular formula is C29H26N4O4S. The van der Waals surface area contributed by atoms with E-state index >= 15 is 0 Å². The summed E-state index contributed by atoms with van der Waals surface area (Å²) in [5, 5.41) is 16.2. The van der Waals surface area contributed by atoms with Gasteiger partial charge in [-0.3, -0.25) is 9.78 Å². The molecule has 8 nitrogen and oxygen atoms in total. The van der Waals surface area contributed by atoms with Crippen molar-refractivity contribution in [3.8, 4) is 11.3 Å². The number of carboxylic acids is 1. The van der Waals surface area contributed by atoms with E-state index in [4.69, 9.17) is 16.6 Å². The number of amides is 1. The average molecular weight is 527 g/mol. The molecule has 0 unspecified atom stereocenters. The molecule has 38 heavy (non-hydrogen) atoms. The Morgan fingerprint density at radius 3 is 2.68 bits per heavy atom. The Bertz CT molecular complexity index is 1490. The number of aryl methyl sites for hydroxylation is 1. The van der Waals surface area contributed by atoms with Crippen LogP contribution in [0.4, 0.5) is 5.69 Å². The number of nitrogens with one attached hydrogen (secondary N) is 2. The number of furan rings is 1. The molecule has 3 heterocycles. The molecule has 1 saturated heterocycles. The molecule has 0 bridgehead atoms. The van der Waals surface area contributed by atoms with Crippen LogP contribution in [-0.4, -0.2) is 38.5 Å². The van der Waals surface area contributed by atoms with Crippen molar-refractivity contribution in [3.63, 3.8) is 0 Å². The first-order valence-electron chi connectivity index (χ1n) is 12.2. The van der Waals surface area contributed by atoms with E-state index in [1.807, 2.05) is 66.4 Å². The number of carbonyl (C=O) groups excluding carboxylic acids is 1. The predicted molar refractivity (Wildman–Crippen MR) is 148 cm³/mol. The summed E-state index contributed by atoms with van der Waals surface area (Å²) < 4.78 is 6.27. The first-order chi connectivity index (χ1) is 18.4. The Labute approximate surface area is 225 Å². The van der Waals surface area contributed by atoms with E-state index in [-0.39, 0.29) is 30.0 Å². The molecule has 2 aromatic heterocycles. The molecule has 192 valence electrons. The van der Waals surface area contributed by atoms with Crippen LogP contribution >= 0.6 is 12.2 Å². The number of aromatic nitrogens is 1. The SMILES string of the molecule is Cc1cccc(NC(=O)CCN2C(=S)N[C@H](c3ccccn3)[C@H]2c2ccc(-c3cccc(C(=O)O)c3)o2)c1. The van der Waals surface area contributed by atoms with Gasteiger partial charge in [-0.05, 0) is 73.2 Å². The Hall–Kier alpha value is -4.50. The quantitative estimate of drug-likeness (QED) is 0.264. The van der Waals surface area contributed by atoms with E-state index in [0.29, 0.717) is 28.7 Å². The fourth-order valence-electron chi connectivity index (χ4n) is 4.60. The molecule has 1 fully saturated rings. The van der Waals surface area contributed by atoms with E-state index in [1.54, 1.807) is 24.4 Å². The first-order valence-corrected chi connectivity index (χ1v) is 12.6. The van der Waals surface area contributed by atoms with Crippen LogP contribution in [0.2, 0.25) is 0 Å². The minimum atomic E-state index is -1.01. The van der Waals surface area contributed by atoms with Gasteiger partial charge in [0.15, 0.2) is 5.11 Å². The van der Waals surface area contributed by atoms with Gasteiger partial charge >= 0.3 is 5.97 Å². The summed E-state index contributed by atoms with van der Waals surface area (Å²) in [7, 11) is 0. The van der Waals surface area contributed by atoms with Crippen LogP contribution in [-0.2, 0) is 4.79 Å². The zero-order chi connectivity index (χ0) is 26.6. The normalized spacial score (nSPS) is 16.8. The van der Waals surface area contributed by atoms with E-state index in [1.165, 1.54) is 6.07 Å². The third-order valence-corrected chi connectivity index (χ3v) is 6.74. The second-order valence-corrected chi connectivity index (χ2v) is 9.46. The van der Waals surface area contributed by atoms with E-state index in [9.17, 15) is 14.7 Å². The fraction of sp³-hybridized carbons (Fsp3) is 0.172. The summed E-state index contributed by atoms with van der Waals surface area (Å²) in [5.41, 5.74) is 3.44. The first kappa shape index (κ1) is 25.2. The molecule has 0 aliphatic carbocycles. The van der Waals surface area contributed by atoms with Crippen LogP contribution in [0.3, 0.4) is 0 Å². The Balaban J connectivity index is 1.41. The van der Waals surface area contributed by atoms with Crippen LogP contribution in [0.1, 0.15) is 45.9 Å². The van der Waals surface area contributed by atoms with Crippen molar-refractivity contribution in [3.05, 3.63) is 108 Å². The molecule has 0 saturated carbocycles. The van der Waals surface area contributed by atoms with Crippen molar-refractivity contribution in [2.24, 2.45) is 0 Å². The van der Waals surface area contributed by atoms with Gasteiger partial charge in [-0.1, -0.05) is 30.3 Å². The van der Waals surface area contributed by atoms with Gasteiger partial charge in [0.05, 0.1) is 17.3 Å². The molecular weight excluding hydrogens is 500 g/mol. The lowest BCUT2D eigenvalue weighted by molar-refractivity contribution is -0.116. The number of hydrogen-bond acceptors (Lipinski definition) is 5. The summed E-state index contributed by atoms with van der Waals surface area (Å²) in [4.78, 5) is 30.7. The highest BCUT2D eigenvalue weighted by Gasteiger charge is 2.41. The molecule has 2 aromatic carbocycles. The maximum Gasteiger partial charge on any atom is 0.335 e. The van der Waals surface area contributed by atoms with Gasteiger partial charge in [0.2, 0.25) is 5.91 Å². The molecule has 1 amide bonds. The number of pyridine rings is 1. The van der Waals surface area contributed by atoms with Crippen LogP contribution in [0.25, 0.3) is 11.3 Å². The number of carbonyl (C=O) groups is 2. The number of rotatable bonds is 8. The van der Waals surface area contributed by atoms with Crippen molar-refractivity contribution in [1.82, 2.24) is 15.2 Å². The predicted octanol–water partition coefficient (Wildman–Crippen LogP) is 5.35. The number of benzene rings is 2. The lowest BCUT2D eigenvalue weighted by atomic mass is 10.0. The lowest BCUT2D eigenvalue weighted by Gasteiger charge is -2.25. The van der Waals surface area contributed by atoms with Gasteiger partial charge in [0.1, 0.15) is 17.6 Å². The molecule has 2 atom stereocenters. The number of carboxylic acid groups (broad SMARTS) is 1. The van der Waals surface area contributed by atoms with Gasteiger partial charge < -0.3 is 25.1 Å². The third-order valence-electron chi connectivity index (χ3n) is 6.39. The van der Waals surface area contributed by atoms with Crippen LogP contribution in [0.15, 0.2) is 89.5 Å². The number of thiocarbonyl (C=S) groups is 1. The Morgan fingerprint density at radius 1 is 1.08 bits per heavy atom.